The van der Waals surface area contributed by atoms with Crippen LogP contribution in [-0.2, 0) is 0 Å². The van der Waals surface area contributed by atoms with Crippen LogP contribution in [0.2, 0.25) is 0 Å². The second-order valence-corrected chi connectivity index (χ2v) is 3.20. The average Bonchev–Trinajstić information content (AvgIpc) is 2.04. The van der Waals surface area contributed by atoms with Gasteiger partial charge in [0.2, 0.25) is 0 Å². The summed E-state index contributed by atoms with van der Waals surface area (Å²) in [5.74, 6) is 0. The van der Waals surface area contributed by atoms with E-state index in [0.29, 0.717) is 0 Å². The van der Waals surface area contributed by atoms with E-state index in [9.17, 15) is 10.2 Å². The van der Waals surface area contributed by atoms with E-state index in [1.165, 1.54) is 0 Å². The molecule has 0 aromatic heterocycles. The molecule has 0 rings (SSSR count). The van der Waals surface area contributed by atoms with E-state index in [2.05, 4.69) is 0 Å². The van der Waals surface area contributed by atoms with Crippen LogP contribution in [0.3, 0.4) is 0 Å². The second-order valence-electron chi connectivity index (χ2n) is 3.20. The molecule has 0 aliphatic heterocycles. The molecule has 0 saturated heterocycles. The van der Waals surface area contributed by atoms with E-state index < -0.39 is 12.5 Å². The van der Waals surface area contributed by atoms with E-state index >= 15 is 0 Å². The van der Waals surface area contributed by atoms with Crippen LogP contribution in [0.15, 0.2) is 0 Å². The smallest absolute Gasteiger partial charge is 0.109 e. The zero-order chi connectivity index (χ0) is 9.56. The fourth-order valence-corrected chi connectivity index (χ4v) is 1.12. The van der Waals surface area contributed by atoms with Crippen molar-refractivity contribution < 1.29 is 10.2 Å². The predicted octanol–water partition coefficient (Wildman–Crippen LogP) is 1.16. The lowest BCUT2D eigenvalue weighted by atomic mass is 10.2. The van der Waals surface area contributed by atoms with E-state index in [0.717, 1.165) is 25.7 Å². The summed E-state index contributed by atoms with van der Waals surface area (Å²) < 4.78 is 0. The van der Waals surface area contributed by atoms with Crippen LogP contribution in [-0.4, -0.2) is 34.6 Å². The molecular weight excluding hydrogens is 154 g/mol. The zero-order valence-corrected chi connectivity index (χ0v) is 8.32. The predicted molar refractivity (Wildman–Crippen MR) is 49.6 cm³/mol. The molecular formula is C9H21NO2. The van der Waals surface area contributed by atoms with Crippen molar-refractivity contribution in [2.24, 2.45) is 0 Å². The van der Waals surface area contributed by atoms with Gasteiger partial charge in [-0.25, -0.2) is 0 Å². The summed E-state index contributed by atoms with van der Waals surface area (Å²) in [6.07, 6.45) is 2.30. The molecule has 0 saturated carbocycles. The first-order valence-electron chi connectivity index (χ1n) is 4.71. The zero-order valence-electron chi connectivity index (χ0n) is 8.32. The lowest BCUT2D eigenvalue weighted by Crippen LogP contribution is -2.39. The Balaban J connectivity index is 3.73. The third-order valence-corrected chi connectivity index (χ3v) is 2.03. The van der Waals surface area contributed by atoms with Crippen molar-refractivity contribution in [2.45, 2.75) is 52.0 Å². The highest BCUT2D eigenvalue weighted by Crippen LogP contribution is 2.08. The second kappa shape index (κ2) is 6.40. The van der Waals surface area contributed by atoms with Crippen molar-refractivity contribution in [3.05, 3.63) is 0 Å². The number of nitrogens with zero attached hydrogens (tertiary/aromatic N) is 1. The molecule has 12 heavy (non-hydrogen) atoms. The molecule has 0 heterocycles. The minimum atomic E-state index is -0.503. The molecule has 74 valence electrons. The molecule has 0 aromatic rings. The van der Waals surface area contributed by atoms with Gasteiger partial charge in [-0.15, -0.1) is 0 Å². The summed E-state index contributed by atoms with van der Waals surface area (Å²) in [5.41, 5.74) is 0. The van der Waals surface area contributed by atoms with Crippen molar-refractivity contribution >= 4 is 0 Å². The largest absolute Gasteiger partial charge is 0.378 e. The minimum Gasteiger partial charge on any atom is -0.378 e. The molecule has 0 aliphatic carbocycles. The number of hydrogen-bond donors (Lipinski definition) is 2. The van der Waals surface area contributed by atoms with Gasteiger partial charge in [-0.3, -0.25) is 4.90 Å². The van der Waals surface area contributed by atoms with Crippen LogP contribution >= 0.6 is 0 Å². The number of aliphatic hydroxyl groups excluding tert-OH is 2. The fraction of sp³-hybridized carbons (Fsp3) is 1.00. The standard InChI is InChI=1S/C9H21NO2/c1-4-6-8(11)10(3)9(12)7-5-2/h8-9,11-12H,4-7H2,1-3H3. The molecule has 2 N–H and O–H groups in total. The van der Waals surface area contributed by atoms with Crippen molar-refractivity contribution in [1.29, 1.82) is 0 Å². The Labute approximate surface area is 75.0 Å². The summed E-state index contributed by atoms with van der Waals surface area (Å²) in [6, 6.07) is 0. The molecule has 3 heteroatoms. The monoisotopic (exact) mass is 175 g/mol. The third kappa shape index (κ3) is 4.04. The number of hydrogen-bond acceptors (Lipinski definition) is 3. The third-order valence-electron chi connectivity index (χ3n) is 2.03. The van der Waals surface area contributed by atoms with Gasteiger partial charge in [-0.2, -0.15) is 0 Å². The van der Waals surface area contributed by atoms with Gasteiger partial charge in [0.25, 0.3) is 0 Å². The van der Waals surface area contributed by atoms with Crippen LogP contribution in [0.4, 0.5) is 0 Å². The lowest BCUT2D eigenvalue weighted by Gasteiger charge is -2.27. The maximum atomic E-state index is 9.48. The van der Waals surface area contributed by atoms with E-state index in [-0.39, 0.29) is 0 Å². The Kier molecular flexibility index (Phi) is 6.34. The summed E-state index contributed by atoms with van der Waals surface area (Å²) >= 11 is 0. The highest BCUT2D eigenvalue weighted by Gasteiger charge is 2.16. The van der Waals surface area contributed by atoms with Crippen LogP contribution in [0.5, 0.6) is 0 Å². The molecule has 0 radical (unpaired) electrons. The van der Waals surface area contributed by atoms with Gasteiger partial charge in [0, 0.05) is 0 Å². The van der Waals surface area contributed by atoms with Gasteiger partial charge < -0.3 is 10.2 Å². The Morgan fingerprint density at radius 1 is 1.00 bits per heavy atom. The van der Waals surface area contributed by atoms with Crippen LogP contribution in [0, 0.1) is 0 Å². The van der Waals surface area contributed by atoms with Crippen molar-refractivity contribution in [3.8, 4) is 0 Å². The molecule has 2 unspecified atom stereocenters. The Morgan fingerprint density at radius 3 is 1.58 bits per heavy atom. The molecule has 0 amide bonds. The first kappa shape index (κ1) is 11.9. The van der Waals surface area contributed by atoms with Gasteiger partial charge in [0.05, 0.1) is 0 Å². The van der Waals surface area contributed by atoms with Crippen molar-refractivity contribution in [1.82, 2.24) is 4.90 Å². The van der Waals surface area contributed by atoms with Gasteiger partial charge in [0.15, 0.2) is 0 Å². The molecule has 0 bridgehead atoms. The normalized spacial score (nSPS) is 16.5. The molecule has 0 spiro atoms. The topological polar surface area (TPSA) is 43.7 Å². The fourth-order valence-electron chi connectivity index (χ4n) is 1.12. The Morgan fingerprint density at radius 2 is 1.33 bits per heavy atom. The quantitative estimate of drug-likeness (QED) is 0.595. The van der Waals surface area contributed by atoms with Gasteiger partial charge in [0.1, 0.15) is 12.5 Å². The van der Waals surface area contributed by atoms with Crippen molar-refractivity contribution in [2.75, 3.05) is 7.05 Å². The first-order valence-corrected chi connectivity index (χ1v) is 4.71. The summed E-state index contributed by atoms with van der Waals surface area (Å²) in [5, 5.41) is 19.0. The van der Waals surface area contributed by atoms with Crippen LogP contribution in [0.25, 0.3) is 0 Å². The maximum Gasteiger partial charge on any atom is 0.109 e. The van der Waals surface area contributed by atoms with Crippen LogP contribution < -0.4 is 0 Å². The highest BCUT2D eigenvalue weighted by molar-refractivity contribution is 4.59. The van der Waals surface area contributed by atoms with Gasteiger partial charge >= 0.3 is 0 Å². The Hall–Kier alpha value is -0.120. The van der Waals surface area contributed by atoms with E-state index in [4.69, 9.17) is 0 Å². The lowest BCUT2D eigenvalue weighted by molar-refractivity contribution is -0.0912. The first-order chi connectivity index (χ1) is 5.63. The van der Waals surface area contributed by atoms with Crippen LogP contribution in [0.1, 0.15) is 39.5 Å². The van der Waals surface area contributed by atoms with E-state index in [1.54, 1.807) is 11.9 Å². The summed E-state index contributed by atoms with van der Waals surface area (Å²) in [7, 11) is 1.75. The minimum absolute atomic E-state index is 0.503. The average molecular weight is 175 g/mol. The highest BCUT2D eigenvalue weighted by atomic mass is 16.3. The molecule has 0 aliphatic rings. The Bertz CT molecular complexity index is 96.7. The SMILES string of the molecule is CCCC(O)N(C)C(O)CCC. The van der Waals surface area contributed by atoms with Gasteiger partial charge in [-0.1, -0.05) is 26.7 Å². The maximum absolute atomic E-state index is 9.48. The molecule has 0 fully saturated rings. The summed E-state index contributed by atoms with van der Waals surface area (Å²) in [4.78, 5) is 1.62. The molecule has 0 aromatic carbocycles. The van der Waals surface area contributed by atoms with E-state index in [1.807, 2.05) is 13.8 Å². The number of rotatable bonds is 6. The summed E-state index contributed by atoms with van der Waals surface area (Å²) in [6.45, 7) is 4.03. The molecule has 3 nitrogen and oxygen atoms in total. The van der Waals surface area contributed by atoms with Crippen molar-refractivity contribution in [3.63, 3.8) is 0 Å². The number of aliphatic hydroxyl groups is 2. The molecule has 2 atom stereocenters. The van der Waals surface area contributed by atoms with Gasteiger partial charge in [-0.05, 0) is 19.9 Å².